The molecule has 0 saturated carbocycles. The molecule has 0 unspecified atom stereocenters. The van der Waals surface area contributed by atoms with Gasteiger partial charge in [-0.1, -0.05) is 11.6 Å². The Hall–Kier alpha value is -1.24. The summed E-state index contributed by atoms with van der Waals surface area (Å²) >= 11 is 9.40. The van der Waals surface area contributed by atoms with Gasteiger partial charge in [0.1, 0.15) is 5.69 Å². The SMILES string of the molecule is CN(C)CCn1ncc(Cl)c1C(=O)c1cncc(Br)c1. The molecule has 0 N–H and O–H groups in total. The molecule has 5 nitrogen and oxygen atoms in total. The third-order valence-electron chi connectivity index (χ3n) is 2.74. The van der Waals surface area contributed by atoms with E-state index in [0.29, 0.717) is 22.8 Å². The zero-order valence-electron chi connectivity index (χ0n) is 11.2. The molecule has 2 aromatic heterocycles. The molecule has 0 aliphatic heterocycles. The van der Waals surface area contributed by atoms with Crippen molar-refractivity contribution >= 4 is 33.3 Å². The molecule has 7 heteroatoms. The summed E-state index contributed by atoms with van der Waals surface area (Å²) in [5, 5.41) is 4.52. The predicted octanol–water partition coefficient (Wildman–Crippen LogP) is 2.49. The van der Waals surface area contributed by atoms with Gasteiger partial charge in [0.05, 0.1) is 17.8 Å². The average molecular weight is 358 g/mol. The quantitative estimate of drug-likeness (QED) is 0.772. The van der Waals surface area contributed by atoms with Crippen LogP contribution in [0.25, 0.3) is 0 Å². The summed E-state index contributed by atoms with van der Waals surface area (Å²) in [6, 6.07) is 1.72. The molecule has 0 aliphatic carbocycles. The maximum Gasteiger partial charge on any atom is 0.214 e. The number of ketones is 1. The summed E-state index contributed by atoms with van der Waals surface area (Å²) in [5.41, 5.74) is 0.876. The third kappa shape index (κ3) is 3.45. The van der Waals surface area contributed by atoms with Crippen LogP contribution in [0, 0.1) is 0 Å². The minimum atomic E-state index is -0.181. The molecule has 0 amide bonds. The van der Waals surface area contributed by atoms with Crippen LogP contribution in [0.1, 0.15) is 16.1 Å². The van der Waals surface area contributed by atoms with Gasteiger partial charge in [-0.2, -0.15) is 5.10 Å². The van der Waals surface area contributed by atoms with E-state index in [-0.39, 0.29) is 5.78 Å². The topological polar surface area (TPSA) is 51.0 Å². The molecule has 0 fully saturated rings. The Balaban J connectivity index is 2.32. The highest BCUT2D eigenvalue weighted by Crippen LogP contribution is 2.20. The number of pyridine rings is 1. The lowest BCUT2D eigenvalue weighted by molar-refractivity contribution is 0.102. The number of likely N-dealkylation sites (N-methyl/N-ethyl adjacent to an activating group) is 1. The molecule has 2 rings (SSSR count). The molecule has 2 aromatic rings. The maximum absolute atomic E-state index is 12.5. The molecule has 0 aliphatic rings. The van der Waals surface area contributed by atoms with Crippen molar-refractivity contribution in [2.24, 2.45) is 0 Å². The smallest absolute Gasteiger partial charge is 0.214 e. The number of hydrogen-bond acceptors (Lipinski definition) is 4. The Bertz CT molecular complexity index is 627. The summed E-state index contributed by atoms with van der Waals surface area (Å²) in [4.78, 5) is 18.5. The Morgan fingerprint density at radius 2 is 2.15 bits per heavy atom. The first-order valence-electron chi connectivity index (χ1n) is 6.00. The van der Waals surface area contributed by atoms with Crippen molar-refractivity contribution in [2.75, 3.05) is 20.6 Å². The van der Waals surface area contributed by atoms with Crippen LogP contribution in [0.3, 0.4) is 0 Å². The minimum Gasteiger partial charge on any atom is -0.308 e. The summed E-state index contributed by atoms with van der Waals surface area (Å²) in [5.74, 6) is -0.181. The van der Waals surface area contributed by atoms with Crippen LogP contribution >= 0.6 is 27.5 Å². The van der Waals surface area contributed by atoms with Gasteiger partial charge in [-0.3, -0.25) is 14.5 Å². The standard InChI is InChI=1S/C13H14BrClN4O/c1-18(2)3-4-19-12(11(15)8-17-19)13(20)9-5-10(14)7-16-6-9/h5-8H,3-4H2,1-2H3. The van der Waals surface area contributed by atoms with Gasteiger partial charge in [-0.05, 0) is 36.1 Å². The Morgan fingerprint density at radius 3 is 2.80 bits per heavy atom. The highest BCUT2D eigenvalue weighted by molar-refractivity contribution is 9.10. The lowest BCUT2D eigenvalue weighted by Crippen LogP contribution is -2.21. The minimum absolute atomic E-state index is 0.181. The molecule has 0 atom stereocenters. The number of carbonyl (C=O) groups is 1. The van der Waals surface area contributed by atoms with Crippen LogP contribution in [0.4, 0.5) is 0 Å². The van der Waals surface area contributed by atoms with Crippen molar-refractivity contribution in [3.05, 3.63) is 45.4 Å². The first-order valence-corrected chi connectivity index (χ1v) is 7.17. The first kappa shape index (κ1) is 15.2. The van der Waals surface area contributed by atoms with Gasteiger partial charge in [0.25, 0.3) is 0 Å². The molecule has 0 bridgehead atoms. The van der Waals surface area contributed by atoms with E-state index in [4.69, 9.17) is 11.6 Å². The van der Waals surface area contributed by atoms with Crippen molar-refractivity contribution in [3.8, 4) is 0 Å². The lowest BCUT2D eigenvalue weighted by Gasteiger charge is -2.11. The Morgan fingerprint density at radius 1 is 1.40 bits per heavy atom. The van der Waals surface area contributed by atoms with Gasteiger partial charge in [0.15, 0.2) is 0 Å². The third-order valence-corrected chi connectivity index (χ3v) is 3.45. The second kappa shape index (κ2) is 6.47. The monoisotopic (exact) mass is 356 g/mol. The molecule has 20 heavy (non-hydrogen) atoms. The van der Waals surface area contributed by atoms with Crippen LogP contribution in [0.15, 0.2) is 29.1 Å². The fraction of sp³-hybridized carbons (Fsp3) is 0.308. The van der Waals surface area contributed by atoms with E-state index < -0.39 is 0 Å². The largest absolute Gasteiger partial charge is 0.308 e. The molecule has 2 heterocycles. The highest BCUT2D eigenvalue weighted by atomic mass is 79.9. The number of aromatic nitrogens is 3. The second-order valence-corrected chi connectivity index (χ2v) is 5.91. The highest BCUT2D eigenvalue weighted by Gasteiger charge is 2.19. The number of carbonyl (C=O) groups excluding carboxylic acids is 1. The summed E-state index contributed by atoms with van der Waals surface area (Å²) < 4.78 is 2.38. The molecule has 0 saturated heterocycles. The summed E-state index contributed by atoms with van der Waals surface area (Å²) in [6.07, 6.45) is 4.64. The van der Waals surface area contributed by atoms with Crippen molar-refractivity contribution in [3.63, 3.8) is 0 Å². The molecule has 106 valence electrons. The van der Waals surface area contributed by atoms with Crippen LogP contribution < -0.4 is 0 Å². The Kier molecular flexibility index (Phi) is 4.91. The number of rotatable bonds is 5. The van der Waals surface area contributed by atoms with Crippen LogP contribution in [0.5, 0.6) is 0 Å². The van der Waals surface area contributed by atoms with Gasteiger partial charge in [0, 0.05) is 29.0 Å². The molecular formula is C13H14BrClN4O. The number of hydrogen-bond donors (Lipinski definition) is 0. The lowest BCUT2D eigenvalue weighted by atomic mass is 10.1. The zero-order valence-corrected chi connectivity index (χ0v) is 13.5. The van der Waals surface area contributed by atoms with E-state index in [0.717, 1.165) is 11.0 Å². The van der Waals surface area contributed by atoms with E-state index in [1.54, 1.807) is 16.9 Å². The van der Waals surface area contributed by atoms with Crippen LogP contribution in [-0.4, -0.2) is 46.1 Å². The van der Waals surface area contributed by atoms with E-state index >= 15 is 0 Å². The summed E-state index contributed by atoms with van der Waals surface area (Å²) in [7, 11) is 3.93. The van der Waals surface area contributed by atoms with Crippen LogP contribution in [-0.2, 0) is 6.54 Å². The second-order valence-electron chi connectivity index (χ2n) is 4.59. The number of halogens is 2. The Labute approximate surface area is 130 Å². The van der Waals surface area contributed by atoms with Crippen molar-refractivity contribution < 1.29 is 4.79 Å². The van der Waals surface area contributed by atoms with Crippen molar-refractivity contribution in [1.29, 1.82) is 0 Å². The van der Waals surface area contributed by atoms with Gasteiger partial charge >= 0.3 is 0 Å². The van der Waals surface area contributed by atoms with Gasteiger partial charge in [-0.15, -0.1) is 0 Å². The predicted molar refractivity (Wildman–Crippen MR) is 81.2 cm³/mol. The molecular weight excluding hydrogens is 344 g/mol. The van der Waals surface area contributed by atoms with Gasteiger partial charge in [-0.25, -0.2) is 0 Å². The molecule has 0 aromatic carbocycles. The van der Waals surface area contributed by atoms with Gasteiger partial charge < -0.3 is 4.90 Å². The maximum atomic E-state index is 12.5. The van der Waals surface area contributed by atoms with E-state index in [2.05, 4.69) is 26.0 Å². The molecule has 0 radical (unpaired) electrons. The van der Waals surface area contributed by atoms with Crippen LogP contribution in [0.2, 0.25) is 5.02 Å². The zero-order chi connectivity index (χ0) is 14.7. The average Bonchev–Trinajstić information content (AvgIpc) is 2.76. The van der Waals surface area contributed by atoms with E-state index in [1.165, 1.54) is 12.4 Å². The normalized spacial score (nSPS) is 11.1. The van der Waals surface area contributed by atoms with Crippen molar-refractivity contribution in [2.45, 2.75) is 6.54 Å². The van der Waals surface area contributed by atoms with E-state index in [9.17, 15) is 4.79 Å². The van der Waals surface area contributed by atoms with Gasteiger partial charge in [0.2, 0.25) is 5.78 Å². The van der Waals surface area contributed by atoms with Crippen molar-refractivity contribution in [1.82, 2.24) is 19.7 Å². The fourth-order valence-electron chi connectivity index (χ4n) is 1.73. The first-order chi connectivity index (χ1) is 9.49. The summed E-state index contributed by atoms with van der Waals surface area (Å²) in [6.45, 7) is 1.37. The van der Waals surface area contributed by atoms with E-state index in [1.807, 2.05) is 19.0 Å². The number of nitrogens with zero attached hydrogens (tertiary/aromatic N) is 4. The molecule has 0 spiro atoms. The fourth-order valence-corrected chi connectivity index (χ4v) is 2.32.